The molecule has 3 nitrogen and oxygen atoms in total. The minimum atomic E-state index is 0.0123. The summed E-state index contributed by atoms with van der Waals surface area (Å²) in [5, 5.41) is 2.30. The second kappa shape index (κ2) is 4.93. The summed E-state index contributed by atoms with van der Waals surface area (Å²) in [6.45, 7) is 3.60. The molecule has 100 valence electrons. The van der Waals surface area contributed by atoms with Crippen LogP contribution >= 0.6 is 0 Å². The largest absolute Gasteiger partial charge is 0.441 e. The van der Waals surface area contributed by atoms with Gasteiger partial charge in [-0.25, -0.2) is 4.98 Å². The standard InChI is InChI=1S/C17H15NO2/c1-3-15(19)16-11(2)20-17(18-16)14-9-8-12-6-4-5-7-13(12)10-14/h4-10H,3H2,1-2H3. The van der Waals surface area contributed by atoms with E-state index in [1.165, 1.54) is 5.39 Å². The van der Waals surface area contributed by atoms with Gasteiger partial charge in [-0.1, -0.05) is 37.3 Å². The fraction of sp³-hybridized carbons (Fsp3) is 0.176. The van der Waals surface area contributed by atoms with E-state index in [1.807, 2.05) is 43.3 Å². The maximum Gasteiger partial charge on any atom is 0.226 e. The van der Waals surface area contributed by atoms with Crippen molar-refractivity contribution in [2.24, 2.45) is 0 Å². The van der Waals surface area contributed by atoms with Gasteiger partial charge in [-0.05, 0) is 29.8 Å². The number of aryl methyl sites for hydroxylation is 1. The van der Waals surface area contributed by atoms with Crippen LogP contribution in [-0.2, 0) is 0 Å². The third-order valence-corrected chi connectivity index (χ3v) is 3.38. The molecule has 3 rings (SSSR count). The van der Waals surface area contributed by atoms with Gasteiger partial charge in [-0.3, -0.25) is 4.79 Å². The van der Waals surface area contributed by atoms with Crippen molar-refractivity contribution in [2.75, 3.05) is 0 Å². The van der Waals surface area contributed by atoms with E-state index in [1.54, 1.807) is 6.92 Å². The number of Topliss-reactive ketones (excluding diaryl/α,β-unsaturated/α-hetero) is 1. The first-order valence-corrected chi connectivity index (χ1v) is 6.69. The predicted octanol–water partition coefficient (Wildman–Crippen LogP) is 4.40. The number of oxazole rings is 1. The molecule has 2 aromatic carbocycles. The van der Waals surface area contributed by atoms with Gasteiger partial charge in [0.2, 0.25) is 5.89 Å². The molecule has 0 aliphatic rings. The zero-order valence-corrected chi connectivity index (χ0v) is 11.5. The summed E-state index contributed by atoms with van der Waals surface area (Å²) in [6, 6.07) is 14.1. The molecule has 0 bridgehead atoms. The van der Waals surface area contributed by atoms with Crippen LogP contribution in [0.3, 0.4) is 0 Å². The number of hydrogen-bond acceptors (Lipinski definition) is 3. The molecule has 0 spiro atoms. The average Bonchev–Trinajstić information content (AvgIpc) is 2.88. The van der Waals surface area contributed by atoms with Crippen molar-refractivity contribution in [3.63, 3.8) is 0 Å². The van der Waals surface area contributed by atoms with Crippen molar-refractivity contribution in [2.45, 2.75) is 20.3 Å². The normalized spacial score (nSPS) is 10.9. The van der Waals surface area contributed by atoms with E-state index >= 15 is 0 Å². The number of aromatic nitrogens is 1. The quantitative estimate of drug-likeness (QED) is 0.659. The molecule has 0 amide bonds. The molecule has 3 aromatic rings. The second-order valence-electron chi connectivity index (χ2n) is 4.76. The topological polar surface area (TPSA) is 43.1 Å². The molecule has 0 fully saturated rings. The fourth-order valence-corrected chi connectivity index (χ4v) is 2.27. The van der Waals surface area contributed by atoms with E-state index in [-0.39, 0.29) is 5.78 Å². The van der Waals surface area contributed by atoms with Crippen LogP contribution < -0.4 is 0 Å². The molecule has 1 aromatic heterocycles. The number of fused-ring (bicyclic) bond motifs is 1. The first kappa shape index (κ1) is 12.6. The third kappa shape index (κ3) is 2.11. The molecule has 3 heteroatoms. The highest BCUT2D eigenvalue weighted by Crippen LogP contribution is 2.26. The molecule has 20 heavy (non-hydrogen) atoms. The maximum atomic E-state index is 11.8. The van der Waals surface area contributed by atoms with E-state index in [4.69, 9.17) is 4.42 Å². The molecule has 0 saturated heterocycles. The number of carbonyl (C=O) groups is 1. The van der Waals surface area contributed by atoms with E-state index in [2.05, 4.69) is 11.1 Å². The molecule has 0 aliphatic heterocycles. The molecular weight excluding hydrogens is 250 g/mol. The lowest BCUT2D eigenvalue weighted by Gasteiger charge is -1.99. The molecule has 0 unspecified atom stereocenters. The van der Waals surface area contributed by atoms with Crippen LogP contribution in [-0.4, -0.2) is 10.8 Å². The van der Waals surface area contributed by atoms with E-state index in [0.717, 1.165) is 10.9 Å². The van der Waals surface area contributed by atoms with Crippen molar-refractivity contribution >= 4 is 16.6 Å². The van der Waals surface area contributed by atoms with E-state index < -0.39 is 0 Å². The molecule has 0 aliphatic carbocycles. The number of hydrogen-bond donors (Lipinski definition) is 0. The smallest absolute Gasteiger partial charge is 0.226 e. The third-order valence-electron chi connectivity index (χ3n) is 3.38. The van der Waals surface area contributed by atoms with Gasteiger partial charge in [-0.2, -0.15) is 0 Å². The lowest BCUT2D eigenvalue weighted by atomic mass is 10.1. The second-order valence-corrected chi connectivity index (χ2v) is 4.76. The van der Waals surface area contributed by atoms with E-state index in [9.17, 15) is 4.79 Å². The molecule has 0 atom stereocenters. The summed E-state index contributed by atoms with van der Waals surface area (Å²) in [5.41, 5.74) is 1.33. The fourth-order valence-electron chi connectivity index (χ4n) is 2.27. The molecule has 0 N–H and O–H groups in total. The van der Waals surface area contributed by atoms with Crippen LogP contribution in [0.4, 0.5) is 0 Å². The van der Waals surface area contributed by atoms with Gasteiger partial charge in [0.15, 0.2) is 5.78 Å². The van der Waals surface area contributed by atoms with E-state index in [0.29, 0.717) is 23.8 Å². The average molecular weight is 265 g/mol. The monoisotopic (exact) mass is 265 g/mol. The molecule has 0 radical (unpaired) electrons. The zero-order valence-electron chi connectivity index (χ0n) is 11.5. The lowest BCUT2D eigenvalue weighted by molar-refractivity contribution is 0.0982. The molecule has 1 heterocycles. The van der Waals surface area contributed by atoms with Crippen molar-refractivity contribution < 1.29 is 9.21 Å². The Bertz CT molecular complexity index is 787. The van der Waals surface area contributed by atoms with Crippen molar-refractivity contribution in [1.29, 1.82) is 0 Å². The summed E-state index contributed by atoms with van der Waals surface area (Å²) in [7, 11) is 0. The summed E-state index contributed by atoms with van der Waals surface area (Å²) in [4.78, 5) is 16.1. The highest BCUT2D eigenvalue weighted by molar-refractivity contribution is 5.95. The van der Waals surface area contributed by atoms with Gasteiger partial charge in [0, 0.05) is 12.0 Å². The Morgan fingerprint density at radius 2 is 1.90 bits per heavy atom. The zero-order chi connectivity index (χ0) is 14.1. The van der Waals surface area contributed by atoms with Gasteiger partial charge >= 0.3 is 0 Å². The number of nitrogens with zero attached hydrogens (tertiary/aromatic N) is 1. The van der Waals surface area contributed by atoms with Gasteiger partial charge in [0.05, 0.1) is 0 Å². The Labute approximate surface area is 117 Å². The molecular formula is C17H15NO2. The number of carbonyl (C=O) groups excluding carboxylic acids is 1. The van der Waals surface area contributed by atoms with Crippen LogP contribution in [0.1, 0.15) is 29.6 Å². The van der Waals surface area contributed by atoms with Crippen molar-refractivity contribution in [3.8, 4) is 11.5 Å². The summed E-state index contributed by atoms with van der Waals surface area (Å²) in [6.07, 6.45) is 0.435. The Balaban J connectivity index is 2.09. The first-order valence-electron chi connectivity index (χ1n) is 6.69. The lowest BCUT2D eigenvalue weighted by Crippen LogP contribution is -1.98. The van der Waals surface area contributed by atoms with Crippen molar-refractivity contribution in [1.82, 2.24) is 4.98 Å². The number of rotatable bonds is 3. The van der Waals surface area contributed by atoms with Crippen LogP contribution in [0.5, 0.6) is 0 Å². The minimum Gasteiger partial charge on any atom is -0.441 e. The predicted molar refractivity (Wildman–Crippen MR) is 78.8 cm³/mol. The summed E-state index contributed by atoms with van der Waals surface area (Å²) in [5.74, 6) is 1.10. The minimum absolute atomic E-state index is 0.0123. The SMILES string of the molecule is CCC(=O)c1nc(-c2ccc3ccccc3c2)oc1C. The highest BCUT2D eigenvalue weighted by Gasteiger charge is 2.16. The Morgan fingerprint density at radius 1 is 1.15 bits per heavy atom. The number of benzene rings is 2. The van der Waals surface area contributed by atoms with Crippen LogP contribution in [0.25, 0.3) is 22.2 Å². The van der Waals surface area contributed by atoms with Gasteiger partial charge in [0.25, 0.3) is 0 Å². The Kier molecular flexibility index (Phi) is 3.11. The van der Waals surface area contributed by atoms with Crippen LogP contribution in [0.15, 0.2) is 46.9 Å². The van der Waals surface area contributed by atoms with Crippen LogP contribution in [0, 0.1) is 6.92 Å². The Hall–Kier alpha value is -2.42. The van der Waals surface area contributed by atoms with Crippen molar-refractivity contribution in [3.05, 3.63) is 53.9 Å². The summed E-state index contributed by atoms with van der Waals surface area (Å²) >= 11 is 0. The molecule has 0 saturated carbocycles. The van der Waals surface area contributed by atoms with Crippen LogP contribution in [0.2, 0.25) is 0 Å². The van der Waals surface area contributed by atoms with Gasteiger partial charge in [0.1, 0.15) is 11.5 Å². The first-order chi connectivity index (χ1) is 9.69. The summed E-state index contributed by atoms with van der Waals surface area (Å²) < 4.78 is 5.64. The van der Waals surface area contributed by atoms with Gasteiger partial charge < -0.3 is 4.42 Å². The van der Waals surface area contributed by atoms with Gasteiger partial charge in [-0.15, -0.1) is 0 Å². The number of ketones is 1. The highest BCUT2D eigenvalue weighted by atomic mass is 16.4. The maximum absolute atomic E-state index is 11.8. The Morgan fingerprint density at radius 3 is 2.65 bits per heavy atom.